The number of nitrogens with zero attached hydrogens (tertiary/aromatic N) is 1. The van der Waals surface area contributed by atoms with Gasteiger partial charge in [0.25, 0.3) is 0 Å². The first-order valence-electron chi connectivity index (χ1n) is 5.71. The second-order valence-electron chi connectivity index (χ2n) is 4.38. The molecule has 2 aromatic rings. The van der Waals surface area contributed by atoms with E-state index < -0.39 is 0 Å². The van der Waals surface area contributed by atoms with Gasteiger partial charge >= 0.3 is 0 Å². The molecule has 2 rings (SSSR count). The molecule has 1 heteroatoms. The molecule has 0 aromatic heterocycles. The topological polar surface area (TPSA) is 4.36 Å². The highest BCUT2D eigenvalue weighted by Crippen LogP contribution is 2.32. The van der Waals surface area contributed by atoms with Gasteiger partial charge in [-0.3, -0.25) is 0 Å². The molecule has 0 atom stereocenters. The third kappa shape index (κ3) is 2.21. The molecule has 0 aliphatic carbocycles. The smallest absolute Gasteiger partial charge is 0.227 e. The van der Waals surface area contributed by atoms with Gasteiger partial charge in [-0.2, -0.15) is 0 Å². The predicted octanol–water partition coefficient (Wildman–Crippen LogP) is 3.91. The van der Waals surface area contributed by atoms with Crippen LogP contribution in [0.1, 0.15) is 18.1 Å². The van der Waals surface area contributed by atoms with Gasteiger partial charge in [0, 0.05) is 0 Å². The number of benzene rings is 2. The van der Waals surface area contributed by atoms with Crippen LogP contribution < -0.4 is 0 Å². The maximum atomic E-state index is 7.18. The van der Waals surface area contributed by atoms with Crippen molar-refractivity contribution < 1.29 is 0 Å². The minimum Gasteiger partial charge on any atom is -0.316 e. The van der Waals surface area contributed by atoms with E-state index in [9.17, 15) is 0 Å². The summed E-state index contributed by atoms with van der Waals surface area (Å²) in [6.07, 6.45) is 0. The van der Waals surface area contributed by atoms with Gasteiger partial charge in [0.05, 0.1) is 5.41 Å². The highest BCUT2D eigenvalue weighted by atomic mass is 14.7. The Morgan fingerprint density at radius 1 is 0.882 bits per heavy atom. The summed E-state index contributed by atoms with van der Waals surface area (Å²) in [4.78, 5) is 3.61. The number of hydrogen-bond acceptors (Lipinski definition) is 0. The van der Waals surface area contributed by atoms with Crippen LogP contribution in [0.15, 0.2) is 60.7 Å². The first-order chi connectivity index (χ1) is 8.27. The quantitative estimate of drug-likeness (QED) is 0.692. The molecule has 84 valence electrons. The van der Waals surface area contributed by atoms with Crippen LogP contribution in [0.3, 0.4) is 0 Å². The van der Waals surface area contributed by atoms with E-state index in [-0.39, 0.29) is 5.41 Å². The fourth-order valence-corrected chi connectivity index (χ4v) is 2.12. The standard InChI is InChI=1S/C16H15N/c1-16(13-17-2,14-9-5-3-6-10-14)15-11-7-4-8-12-15/h3-12H,13H2,1H3. The van der Waals surface area contributed by atoms with Gasteiger partial charge in [-0.1, -0.05) is 60.7 Å². The molecule has 17 heavy (non-hydrogen) atoms. The lowest BCUT2D eigenvalue weighted by atomic mass is 9.76. The van der Waals surface area contributed by atoms with Crippen molar-refractivity contribution in [3.05, 3.63) is 83.2 Å². The van der Waals surface area contributed by atoms with E-state index in [2.05, 4.69) is 36.0 Å². The van der Waals surface area contributed by atoms with Gasteiger partial charge in [-0.05, 0) is 18.1 Å². The second-order valence-corrected chi connectivity index (χ2v) is 4.38. The number of hydrogen-bond donors (Lipinski definition) is 0. The molecule has 0 fully saturated rings. The maximum Gasteiger partial charge on any atom is 0.227 e. The van der Waals surface area contributed by atoms with E-state index in [1.807, 2.05) is 36.4 Å². The molecule has 0 bridgehead atoms. The fourth-order valence-electron chi connectivity index (χ4n) is 2.12. The van der Waals surface area contributed by atoms with E-state index in [0.29, 0.717) is 6.54 Å². The third-order valence-corrected chi connectivity index (χ3v) is 3.22. The molecule has 0 heterocycles. The Labute approximate surface area is 103 Å². The average Bonchev–Trinajstić information content (AvgIpc) is 2.41. The lowest BCUT2D eigenvalue weighted by molar-refractivity contribution is 0.621. The highest BCUT2D eigenvalue weighted by molar-refractivity contribution is 5.39. The van der Waals surface area contributed by atoms with Crippen molar-refractivity contribution in [2.24, 2.45) is 0 Å². The Balaban J connectivity index is 2.52. The van der Waals surface area contributed by atoms with Gasteiger partial charge in [0.15, 0.2) is 0 Å². The van der Waals surface area contributed by atoms with E-state index in [1.54, 1.807) is 0 Å². The molecule has 0 unspecified atom stereocenters. The molecule has 0 amide bonds. The first-order valence-corrected chi connectivity index (χ1v) is 5.71. The van der Waals surface area contributed by atoms with Gasteiger partial charge in [0.1, 0.15) is 0 Å². The van der Waals surface area contributed by atoms with Crippen LogP contribution in [0.5, 0.6) is 0 Å². The van der Waals surface area contributed by atoms with Crippen molar-refractivity contribution in [3.63, 3.8) is 0 Å². The third-order valence-electron chi connectivity index (χ3n) is 3.22. The molecule has 0 spiro atoms. The minimum atomic E-state index is -0.218. The van der Waals surface area contributed by atoms with Crippen LogP contribution in [0.2, 0.25) is 0 Å². The van der Waals surface area contributed by atoms with Gasteiger partial charge in [-0.15, -0.1) is 0 Å². The summed E-state index contributed by atoms with van der Waals surface area (Å²) in [5, 5.41) is 0. The molecule has 2 aromatic carbocycles. The van der Waals surface area contributed by atoms with Crippen molar-refractivity contribution in [2.45, 2.75) is 12.3 Å². The van der Waals surface area contributed by atoms with Crippen LogP contribution >= 0.6 is 0 Å². The van der Waals surface area contributed by atoms with Crippen LogP contribution in [-0.4, -0.2) is 6.54 Å². The summed E-state index contributed by atoms with van der Waals surface area (Å²) in [5.41, 5.74) is 2.17. The van der Waals surface area contributed by atoms with Crippen LogP contribution in [0.25, 0.3) is 4.85 Å². The Hall–Kier alpha value is -2.07. The van der Waals surface area contributed by atoms with E-state index in [1.165, 1.54) is 11.1 Å². The van der Waals surface area contributed by atoms with Crippen LogP contribution in [0, 0.1) is 6.57 Å². The monoisotopic (exact) mass is 221 g/mol. The molecule has 0 radical (unpaired) electrons. The lowest BCUT2D eigenvalue weighted by Crippen LogP contribution is -2.26. The molecular formula is C16H15N. The fraction of sp³-hybridized carbons (Fsp3) is 0.188. The normalized spacial score (nSPS) is 10.8. The summed E-state index contributed by atoms with van der Waals surface area (Å²) in [7, 11) is 0. The SMILES string of the molecule is [C-]#[N+]CC(C)(c1ccccc1)c1ccccc1. The molecule has 1 nitrogen and oxygen atoms in total. The summed E-state index contributed by atoms with van der Waals surface area (Å²) < 4.78 is 0. The summed E-state index contributed by atoms with van der Waals surface area (Å²) in [5.74, 6) is 0. The first kappa shape index (κ1) is 11.4. The number of rotatable bonds is 3. The Bertz CT molecular complexity index is 469. The predicted molar refractivity (Wildman–Crippen MR) is 70.8 cm³/mol. The largest absolute Gasteiger partial charge is 0.316 e. The van der Waals surface area contributed by atoms with E-state index in [4.69, 9.17) is 6.57 Å². The van der Waals surface area contributed by atoms with E-state index in [0.717, 1.165) is 0 Å². The second kappa shape index (κ2) is 4.84. The zero-order valence-corrected chi connectivity index (χ0v) is 9.93. The Kier molecular flexibility index (Phi) is 3.25. The molecule has 0 N–H and O–H groups in total. The zero-order chi connectivity index (χ0) is 12.1. The van der Waals surface area contributed by atoms with Gasteiger partial charge in [0.2, 0.25) is 6.54 Å². The summed E-state index contributed by atoms with van der Waals surface area (Å²) in [6, 6.07) is 20.5. The van der Waals surface area contributed by atoms with Crippen molar-refractivity contribution >= 4 is 0 Å². The van der Waals surface area contributed by atoms with Gasteiger partial charge < -0.3 is 4.85 Å². The zero-order valence-electron chi connectivity index (χ0n) is 9.93. The summed E-state index contributed by atoms with van der Waals surface area (Å²) in [6.45, 7) is 9.79. The molecular weight excluding hydrogens is 206 g/mol. The van der Waals surface area contributed by atoms with Crippen LogP contribution in [0.4, 0.5) is 0 Å². The molecule has 0 aliphatic heterocycles. The Morgan fingerprint density at radius 2 is 1.29 bits per heavy atom. The van der Waals surface area contributed by atoms with Crippen molar-refractivity contribution in [1.82, 2.24) is 0 Å². The Morgan fingerprint density at radius 3 is 1.65 bits per heavy atom. The van der Waals surface area contributed by atoms with Crippen molar-refractivity contribution in [3.8, 4) is 0 Å². The lowest BCUT2D eigenvalue weighted by Gasteiger charge is -2.25. The molecule has 0 aliphatic rings. The average molecular weight is 221 g/mol. The molecule has 0 saturated heterocycles. The van der Waals surface area contributed by atoms with Gasteiger partial charge in [-0.25, -0.2) is 6.57 Å². The molecule has 0 saturated carbocycles. The summed E-state index contributed by atoms with van der Waals surface area (Å²) >= 11 is 0. The van der Waals surface area contributed by atoms with E-state index >= 15 is 0 Å². The maximum absolute atomic E-state index is 7.18. The van der Waals surface area contributed by atoms with Crippen molar-refractivity contribution in [2.75, 3.05) is 6.54 Å². The van der Waals surface area contributed by atoms with Crippen molar-refractivity contribution in [1.29, 1.82) is 0 Å². The highest BCUT2D eigenvalue weighted by Gasteiger charge is 2.31. The van der Waals surface area contributed by atoms with Crippen LogP contribution in [-0.2, 0) is 5.41 Å². The minimum absolute atomic E-state index is 0.218.